The zero-order chi connectivity index (χ0) is 13.0. The van der Waals surface area contributed by atoms with Gasteiger partial charge in [0.1, 0.15) is 0 Å². The SMILES string of the molecule is CC(C(=O)NCC1(CCN)CC1)c1ccccc1. The molecule has 98 valence electrons. The summed E-state index contributed by atoms with van der Waals surface area (Å²) >= 11 is 0. The first-order valence-corrected chi connectivity index (χ1v) is 6.70. The quantitative estimate of drug-likeness (QED) is 0.807. The number of hydrogen-bond donors (Lipinski definition) is 2. The van der Waals surface area contributed by atoms with Crippen molar-refractivity contribution in [3.8, 4) is 0 Å². The maximum absolute atomic E-state index is 12.1. The Morgan fingerprint density at radius 1 is 1.39 bits per heavy atom. The molecule has 0 aromatic heterocycles. The fourth-order valence-corrected chi connectivity index (χ4v) is 2.32. The van der Waals surface area contributed by atoms with Crippen molar-refractivity contribution in [3.63, 3.8) is 0 Å². The molecule has 1 aliphatic rings. The average molecular weight is 246 g/mol. The van der Waals surface area contributed by atoms with Crippen LogP contribution in [-0.4, -0.2) is 19.0 Å². The number of nitrogens with one attached hydrogen (secondary N) is 1. The molecule has 1 fully saturated rings. The lowest BCUT2D eigenvalue weighted by Gasteiger charge is -2.17. The Balaban J connectivity index is 1.85. The van der Waals surface area contributed by atoms with Gasteiger partial charge in [0.25, 0.3) is 0 Å². The van der Waals surface area contributed by atoms with Gasteiger partial charge < -0.3 is 11.1 Å². The van der Waals surface area contributed by atoms with Gasteiger partial charge in [-0.15, -0.1) is 0 Å². The zero-order valence-electron chi connectivity index (χ0n) is 11.0. The third kappa shape index (κ3) is 3.10. The molecule has 0 heterocycles. The summed E-state index contributed by atoms with van der Waals surface area (Å²) in [6.07, 6.45) is 3.42. The van der Waals surface area contributed by atoms with E-state index in [4.69, 9.17) is 5.73 Å². The van der Waals surface area contributed by atoms with Crippen LogP contribution in [0.15, 0.2) is 30.3 Å². The highest BCUT2D eigenvalue weighted by molar-refractivity contribution is 5.83. The highest BCUT2D eigenvalue weighted by Crippen LogP contribution is 2.47. The lowest BCUT2D eigenvalue weighted by Crippen LogP contribution is -2.34. The second kappa shape index (κ2) is 5.53. The molecule has 0 radical (unpaired) electrons. The van der Waals surface area contributed by atoms with E-state index in [1.165, 1.54) is 12.8 Å². The van der Waals surface area contributed by atoms with Gasteiger partial charge in [0.05, 0.1) is 5.92 Å². The molecule has 1 amide bonds. The van der Waals surface area contributed by atoms with Crippen molar-refractivity contribution in [1.29, 1.82) is 0 Å². The van der Waals surface area contributed by atoms with Crippen LogP contribution in [0.5, 0.6) is 0 Å². The van der Waals surface area contributed by atoms with Gasteiger partial charge in [-0.1, -0.05) is 30.3 Å². The summed E-state index contributed by atoms with van der Waals surface area (Å²) in [6.45, 7) is 3.44. The number of nitrogens with two attached hydrogens (primary N) is 1. The first-order chi connectivity index (χ1) is 8.67. The Bertz CT molecular complexity index is 398. The van der Waals surface area contributed by atoms with Crippen LogP contribution >= 0.6 is 0 Å². The van der Waals surface area contributed by atoms with E-state index >= 15 is 0 Å². The van der Waals surface area contributed by atoms with Gasteiger partial charge in [0, 0.05) is 6.54 Å². The van der Waals surface area contributed by atoms with Gasteiger partial charge >= 0.3 is 0 Å². The van der Waals surface area contributed by atoms with Gasteiger partial charge in [-0.2, -0.15) is 0 Å². The minimum Gasteiger partial charge on any atom is -0.355 e. The number of benzene rings is 1. The fraction of sp³-hybridized carbons (Fsp3) is 0.533. The molecular formula is C15H22N2O. The molecule has 1 saturated carbocycles. The number of amides is 1. The van der Waals surface area contributed by atoms with E-state index in [-0.39, 0.29) is 11.8 Å². The number of carbonyl (C=O) groups excluding carboxylic acids is 1. The van der Waals surface area contributed by atoms with E-state index in [0.717, 1.165) is 18.5 Å². The highest BCUT2D eigenvalue weighted by Gasteiger charge is 2.41. The maximum Gasteiger partial charge on any atom is 0.227 e. The summed E-state index contributed by atoms with van der Waals surface area (Å²) < 4.78 is 0. The first kappa shape index (κ1) is 13.1. The molecule has 0 spiro atoms. The molecule has 3 heteroatoms. The summed E-state index contributed by atoms with van der Waals surface area (Å²) in [4.78, 5) is 12.1. The maximum atomic E-state index is 12.1. The Kier molecular flexibility index (Phi) is 4.02. The van der Waals surface area contributed by atoms with E-state index in [9.17, 15) is 4.79 Å². The van der Waals surface area contributed by atoms with Crippen molar-refractivity contribution in [2.45, 2.75) is 32.1 Å². The predicted octanol–water partition coefficient (Wildman–Crippen LogP) is 2.04. The predicted molar refractivity (Wildman–Crippen MR) is 73.2 cm³/mol. The van der Waals surface area contributed by atoms with E-state index in [2.05, 4.69) is 5.32 Å². The van der Waals surface area contributed by atoms with Gasteiger partial charge in [0.2, 0.25) is 5.91 Å². The topological polar surface area (TPSA) is 55.1 Å². The van der Waals surface area contributed by atoms with Crippen molar-refractivity contribution in [3.05, 3.63) is 35.9 Å². The third-order valence-corrected chi connectivity index (χ3v) is 3.96. The molecule has 1 atom stereocenters. The molecule has 1 aliphatic carbocycles. The standard InChI is InChI=1S/C15H22N2O/c1-12(13-5-3-2-4-6-13)14(18)17-11-15(7-8-15)9-10-16/h2-6,12H,7-11,16H2,1H3,(H,17,18). The minimum absolute atomic E-state index is 0.0834. The van der Waals surface area contributed by atoms with Crippen LogP contribution in [0.2, 0.25) is 0 Å². The smallest absolute Gasteiger partial charge is 0.227 e. The molecule has 0 aliphatic heterocycles. The normalized spacial score (nSPS) is 18.1. The molecule has 2 rings (SSSR count). The number of rotatable bonds is 6. The van der Waals surface area contributed by atoms with Crippen LogP contribution < -0.4 is 11.1 Å². The van der Waals surface area contributed by atoms with Crippen LogP contribution in [0.3, 0.4) is 0 Å². The van der Waals surface area contributed by atoms with Crippen molar-refractivity contribution < 1.29 is 4.79 Å². The summed E-state index contributed by atoms with van der Waals surface area (Å²) in [5.41, 5.74) is 6.97. The second-order valence-electron chi connectivity index (χ2n) is 5.39. The molecule has 3 nitrogen and oxygen atoms in total. The molecular weight excluding hydrogens is 224 g/mol. The summed E-state index contributed by atoms with van der Waals surface area (Å²) in [7, 11) is 0. The van der Waals surface area contributed by atoms with E-state index in [0.29, 0.717) is 12.0 Å². The third-order valence-electron chi connectivity index (χ3n) is 3.96. The zero-order valence-corrected chi connectivity index (χ0v) is 11.0. The molecule has 18 heavy (non-hydrogen) atoms. The van der Waals surface area contributed by atoms with Crippen LogP contribution in [-0.2, 0) is 4.79 Å². The van der Waals surface area contributed by atoms with Crippen LogP contribution in [0.1, 0.15) is 37.7 Å². The molecule has 3 N–H and O–H groups in total. The average Bonchev–Trinajstić information content (AvgIpc) is 3.17. The summed E-state index contributed by atoms with van der Waals surface area (Å²) in [5.74, 6) is 0.0318. The largest absolute Gasteiger partial charge is 0.355 e. The Hall–Kier alpha value is -1.35. The summed E-state index contributed by atoms with van der Waals surface area (Å²) in [5, 5.41) is 3.07. The van der Waals surface area contributed by atoms with Crippen molar-refractivity contribution in [2.75, 3.05) is 13.1 Å². The van der Waals surface area contributed by atoms with Crippen LogP contribution in [0, 0.1) is 5.41 Å². The second-order valence-corrected chi connectivity index (χ2v) is 5.39. The van der Waals surface area contributed by atoms with E-state index < -0.39 is 0 Å². The van der Waals surface area contributed by atoms with Crippen LogP contribution in [0.4, 0.5) is 0 Å². The Morgan fingerprint density at radius 2 is 2.06 bits per heavy atom. The van der Waals surface area contributed by atoms with Crippen molar-refractivity contribution in [1.82, 2.24) is 5.32 Å². The van der Waals surface area contributed by atoms with E-state index in [1.807, 2.05) is 37.3 Å². The minimum atomic E-state index is -0.0834. The highest BCUT2D eigenvalue weighted by atomic mass is 16.1. The number of hydrogen-bond acceptors (Lipinski definition) is 2. The molecule has 0 bridgehead atoms. The fourth-order valence-electron chi connectivity index (χ4n) is 2.32. The molecule has 1 unspecified atom stereocenters. The monoisotopic (exact) mass is 246 g/mol. The van der Waals surface area contributed by atoms with Gasteiger partial charge in [-0.05, 0) is 43.7 Å². The van der Waals surface area contributed by atoms with Crippen LogP contribution in [0.25, 0.3) is 0 Å². The molecule has 0 saturated heterocycles. The van der Waals surface area contributed by atoms with E-state index in [1.54, 1.807) is 0 Å². The first-order valence-electron chi connectivity index (χ1n) is 6.70. The van der Waals surface area contributed by atoms with Gasteiger partial charge in [-0.25, -0.2) is 0 Å². The lowest BCUT2D eigenvalue weighted by molar-refractivity contribution is -0.122. The lowest BCUT2D eigenvalue weighted by atomic mass is 9.99. The van der Waals surface area contributed by atoms with Gasteiger partial charge in [0.15, 0.2) is 0 Å². The number of carbonyl (C=O) groups is 1. The van der Waals surface area contributed by atoms with Crippen molar-refractivity contribution in [2.24, 2.45) is 11.1 Å². The van der Waals surface area contributed by atoms with Gasteiger partial charge in [-0.3, -0.25) is 4.79 Å². The van der Waals surface area contributed by atoms with Crippen molar-refractivity contribution >= 4 is 5.91 Å². The molecule has 1 aromatic rings. The Labute approximate surface area is 109 Å². The molecule has 1 aromatic carbocycles. The summed E-state index contributed by atoms with van der Waals surface area (Å²) in [6, 6.07) is 9.90. The Morgan fingerprint density at radius 3 is 2.61 bits per heavy atom.